The summed E-state index contributed by atoms with van der Waals surface area (Å²) in [5, 5.41) is 7.61. The van der Waals surface area contributed by atoms with E-state index in [1.165, 1.54) is 0 Å². The van der Waals surface area contributed by atoms with Gasteiger partial charge in [-0.05, 0) is 55.7 Å². The molecule has 8 nitrogen and oxygen atoms in total. The Morgan fingerprint density at radius 1 is 0.846 bits per heavy atom. The first-order chi connectivity index (χ1) is 19.1. The van der Waals surface area contributed by atoms with Crippen LogP contribution in [0.2, 0.25) is 0 Å². The van der Waals surface area contributed by atoms with Crippen LogP contribution in [0.1, 0.15) is 47.1 Å². The highest BCUT2D eigenvalue weighted by Gasteiger charge is 2.42. The molecule has 1 amide bonds. The molecule has 0 spiro atoms. The molecule has 0 radical (unpaired) electrons. The topological polar surface area (TPSA) is 85.9 Å². The van der Waals surface area contributed by atoms with Gasteiger partial charge >= 0.3 is 0 Å². The van der Waals surface area contributed by atoms with Crippen molar-refractivity contribution in [2.75, 3.05) is 34.0 Å². The first kappa shape index (κ1) is 26.2. The van der Waals surface area contributed by atoms with Crippen molar-refractivity contribution in [3.8, 4) is 34.3 Å². The van der Waals surface area contributed by atoms with Gasteiger partial charge in [-0.15, -0.1) is 0 Å². The fourth-order valence-electron chi connectivity index (χ4n) is 5.11. The number of methoxy groups -OCH3 is 2. The van der Waals surface area contributed by atoms with Crippen molar-refractivity contribution >= 4 is 5.91 Å². The minimum absolute atomic E-state index is 0.0861. The zero-order chi connectivity index (χ0) is 27.4. The first-order valence-corrected chi connectivity index (χ1v) is 13.1. The van der Waals surface area contributed by atoms with Crippen LogP contribution in [0.4, 0.5) is 0 Å². The maximum Gasteiger partial charge on any atom is 0.273 e. The number of carbonyl (C=O) groups excluding carboxylic acids is 1. The molecule has 4 aromatic rings. The first-order valence-electron chi connectivity index (χ1n) is 13.1. The maximum absolute atomic E-state index is 13.8. The normalized spacial score (nSPS) is 14.3. The Bertz CT molecular complexity index is 1450. The molecule has 2 heterocycles. The van der Waals surface area contributed by atoms with E-state index in [4.69, 9.17) is 18.9 Å². The molecule has 202 valence electrons. The Labute approximate surface area is 228 Å². The van der Waals surface area contributed by atoms with Crippen molar-refractivity contribution in [1.82, 2.24) is 15.1 Å². The molecule has 0 aliphatic carbocycles. The number of aromatic amines is 1. The smallest absolute Gasteiger partial charge is 0.273 e. The van der Waals surface area contributed by atoms with Gasteiger partial charge in [0.15, 0.2) is 23.0 Å². The lowest BCUT2D eigenvalue weighted by molar-refractivity contribution is 0.0745. The summed E-state index contributed by atoms with van der Waals surface area (Å²) in [4.78, 5) is 15.7. The summed E-state index contributed by atoms with van der Waals surface area (Å²) in [7, 11) is 3.23. The molecule has 1 aliphatic heterocycles. The van der Waals surface area contributed by atoms with Gasteiger partial charge in [0.05, 0.1) is 39.2 Å². The van der Waals surface area contributed by atoms with Crippen LogP contribution in [-0.4, -0.2) is 55.0 Å². The van der Waals surface area contributed by atoms with E-state index in [0.717, 1.165) is 27.9 Å². The summed E-state index contributed by atoms with van der Waals surface area (Å²) in [5.41, 5.74) is 5.07. The number of H-pyrrole nitrogens is 1. The average Bonchev–Trinajstić information content (AvgIpc) is 3.52. The van der Waals surface area contributed by atoms with Crippen molar-refractivity contribution in [3.63, 3.8) is 0 Å². The number of fused-ring (bicyclic) bond motifs is 1. The zero-order valence-electron chi connectivity index (χ0n) is 22.7. The SMILES string of the molecule is CCOc1ccc(C2c3c(-c4ccccc4)n[nH]c3C(=O)N2CCc2ccc(OC)c(OC)c2)cc1OCC. The number of amides is 1. The zero-order valence-corrected chi connectivity index (χ0v) is 22.7. The summed E-state index contributed by atoms with van der Waals surface area (Å²) in [6, 6.07) is 21.3. The predicted octanol–water partition coefficient (Wildman–Crippen LogP) is 5.68. The van der Waals surface area contributed by atoms with E-state index in [1.54, 1.807) is 14.2 Å². The minimum Gasteiger partial charge on any atom is -0.493 e. The van der Waals surface area contributed by atoms with E-state index in [-0.39, 0.29) is 11.9 Å². The molecule has 39 heavy (non-hydrogen) atoms. The minimum atomic E-state index is -0.350. The van der Waals surface area contributed by atoms with Crippen LogP contribution in [-0.2, 0) is 6.42 Å². The Hall–Kier alpha value is -4.46. The van der Waals surface area contributed by atoms with Crippen molar-refractivity contribution in [1.29, 1.82) is 0 Å². The van der Waals surface area contributed by atoms with Gasteiger partial charge in [0.1, 0.15) is 5.69 Å². The molecule has 3 aromatic carbocycles. The second kappa shape index (κ2) is 11.5. The quantitative estimate of drug-likeness (QED) is 0.270. The largest absolute Gasteiger partial charge is 0.493 e. The van der Waals surface area contributed by atoms with Gasteiger partial charge in [-0.25, -0.2) is 0 Å². The number of ether oxygens (including phenoxy) is 4. The van der Waals surface area contributed by atoms with E-state index in [2.05, 4.69) is 10.2 Å². The highest BCUT2D eigenvalue weighted by molar-refractivity contribution is 6.00. The highest BCUT2D eigenvalue weighted by Crippen LogP contribution is 2.44. The van der Waals surface area contributed by atoms with Gasteiger partial charge in [0, 0.05) is 17.7 Å². The highest BCUT2D eigenvalue weighted by atomic mass is 16.5. The van der Waals surface area contributed by atoms with Crippen molar-refractivity contribution < 1.29 is 23.7 Å². The Balaban J connectivity index is 1.56. The second-order valence-electron chi connectivity index (χ2n) is 9.14. The summed E-state index contributed by atoms with van der Waals surface area (Å²) >= 11 is 0. The Morgan fingerprint density at radius 3 is 2.28 bits per heavy atom. The maximum atomic E-state index is 13.8. The van der Waals surface area contributed by atoms with Crippen LogP contribution in [0.25, 0.3) is 11.3 Å². The fraction of sp³-hybridized carbons (Fsp3) is 0.290. The van der Waals surface area contributed by atoms with Crippen molar-refractivity contribution in [2.24, 2.45) is 0 Å². The lowest BCUT2D eigenvalue weighted by Crippen LogP contribution is -2.31. The number of aromatic nitrogens is 2. The third-order valence-corrected chi connectivity index (χ3v) is 6.88. The van der Waals surface area contributed by atoms with Crippen LogP contribution in [0.5, 0.6) is 23.0 Å². The predicted molar refractivity (Wildman–Crippen MR) is 149 cm³/mol. The number of benzene rings is 3. The van der Waals surface area contributed by atoms with Crippen LogP contribution < -0.4 is 18.9 Å². The number of hydrogen-bond donors (Lipinski definition) is 1. The molecule has 1 N–H and O–H groups in total. The lowest BCUT2D eigenvalue weighted by atomic mass is 9.95. The number of carbonyl (C=O) groups is 1. The molecule has 1 aliphatic rings. The lowest BCUT2D eigenvalue weighted by Gasteiger charge is -2.27. The molecule has 1 atom stereocenters. The molecular formula is C31H33N3O5. The number of nitrogens with zero attached hydrogens (tertiary/aromatic N) is 2. The molecule has 1 unspecified atom stereocenters. The van der Waals surface area contributed by atoms with E-state index in [9.17, 15) is 4.79 Å². The van der Waals surface area contributed by atoms with Gasteiger partial charge in [-0.2, -0.15) is 5.10 Å². The molecule has 8 heteroatoms. The van der Waals surface area contributed by atoms with E-state index >= 15 is 0 Å². The average molecular weight is 528 g/mol. The summed E-state index contributed by atoms with van der Waals surface area (Å²) in [6.07, 6.45) is 0.635. The molecule has 0 saturated heterocycles. The third kappa shape index (κ3) is 5.02. The standard InChI is InChI=1S/C31H33N3O5/c1-5-38-24-15-13-22(19-26(24)39-6-2)30-27-28(21-10-8-7-9-11-21)32-33-29(27)31(35)34(30)17-16-20-12-14-23(36-3)25(18-20)37-4/h7-15,18-19,30H,5-6,16-17H2,1-4H3,(H,32,33). The van der Waals surface area contributed by atoms with Crippen LogP contribution in [0, 0.1) is 0 Å². The Morgan fingerprint density at radius 2 is 1.56 bits per heavy atom. The molecule has 1 aromatic heterocycles. The number of rotatable bonds is 11. The van der Waals surface area contributed by atoms with Gasteiger partial charge < -0.3 is 23.8 Å². The Kier molecular flexibility index (Phi) is 7.72. The number of nitrogens with one attached hydrogen (secondary N) is 1. The van der Waals surface area contributed by atoms with Crippen LogP contribution in [0.3, 0.4) is 0 Å². The molecule has 0 saturated carbocycles. The van der Waals surface area contributed by atoms with Crippen LogP contribution in [0.15, 0.2) is 66.7 Å². The monoisotopic (exact) mass is 527 g/mol. The second-order valence-corrected chi connectivity index (χ2v) is 9.14. The van der Waals surface area contributed by atoms with E-state index in [1.807, 2.05) is 85.5 Å². The summed E-state index contributed by atoms with van der Waals surface area (Å²) in [6.45, 7) is 5.41. The molecular weight excluding hydrogens is 494 g/mol. The number of hydrogen-bond acceptors (Lipinski definition) is 6. The molecule has 0 bridgehead atoms. The van der Waals surface area contributed by atoms with Gasteiger partial charge in [-0.3, -0.25) is 9.89 Å². The summed E-state index contributed by atoms with van der Waals surface area (Å²) in [5.74, 6) is 2.58. The summed E-state index contributed by atoms with van der Waals surface area (Å²) < 4.78 is 22.6. The van der Waals surface area contributed by atoms with Crippen LogP contribution >= 0.6 is 0 Å². The van der Waals surface area contributed by atoms with E-state index < -0.39 is 0 Å². The van der Waals surface area contributed by atoms with Crippen molar-refractivity contribution in [2.45, 2.75) is 26.3 Å². The van der Waals surface area contributed by atoms with Gasteiger partial charge in [-0.1, -0.05) is 42.5 Å². The molecule has 5 rings (SSSR count). The third-order valence-electron chi connectivity index (χ3n) is 6.88. The van der Waals surface area contributed by atoms with Gasteiger partial charge in [0.2, 0.25) is 0 Å². The van der Waals surface area contributed by atoms with E-state index in [0.29, 0.717) is 54.9 Å². The van der Waals surface area contributed by atoms with Gasteiger partial charge in [0.25, 0.3) is 5.91 Å². The fourth-order valence-corrected chi connectivity index (χ4v) is 5.11. The van der Waals surface area contributed by atoms with Crippen molar-refractivity contribution in [3.05, 3.63) is 89.1 Å². The molecule has 0 fully saturated rings.